The lowest BCUT2D eigenvalue weighted by Crippen LogP contribution is -2.20. The van der Waals surface area contributed by atoms with Crippen molar-refractivity contribution in [2.45, 2.75) is 38.2 Å². The van der Waals surface area contributed by atoms with Gasteiger partial charge in [-0.3, -0.25) is 4.79 Å². The minimum Gasteiger partial charge on any atom is -0.389 e. The topological polar surface area (TPSA) is 46.5 Å². The Kier molecular flexibility index (Phi) is 4.25. The summed E-state index contributed by atoms with van der Waals surface area (Å²) in [7, 11) is 0. The molecule has 0 aliphatic carbocycles. The van der Waals surface area contributed by atoms with E-state index in [9.17, 15) is 4.79 Å². The van der Waals surface area contributed by atoms with Gasteiger partial charge in [0, 0.05) is 13.0 Å². The molecule has 1 fully saturated rings. The molecule has 1 aliphatic heterocycles. The lowest BCUT2D eigenvalue weighted by atomic mass is 10.0. The van der Waals surface area contributed by atoms with Crippen molar-refractivity contribution in [3.8, 4) is 0 Å². The number of ketones is 1. The molecule has 1 atom stereocenters. The molecule has 3 nitrogen and oxygen atoms in total. The fourth-order valence-corrected chi connectivity index (χ4v) is 1.44. The van der Waals surface area contributed by atoms with Gasteiger partial charge < -0.3 is 9.84 Å². The van der Waals surface area contributed by atoms with Crippen LogP contribution >= 0.6 is 0 Å². The number of carbonyl (C=O) groups excluding carboxylic acids is 1. The molecule has 0 saturated carbocycles. The number of carbonyl (C=O) groups is 1. The van der Waals surface area contributed by atoms with Gasteiger partial charge in [0.2, 0.25) is 0 Å². The first-order chi connectivity index (χ1) is 5.83. The molecule has 1 aliphatic rings. The van der Waals surface area contributed by atoms with E-state index in [1.807, 2.05) is 0 Å². The number of hydrogen-bond acceptors (Lipinski definition) is 3. The predicted octanol–water partition coefficient (Wildman–Crippen LogP) is 0.897. The van der Waals surface area contributed by atoms with Crippen LogP contribution in [0.2, 0.25) is 0 Å². The molecular weight excluding hydrogens is 156 g/mol. The third-order valence-electron chi connectivity index (χ3n) is 2.20. The molecule has 0 aromatic rings. The standard InChI is InChI=1S/C9H16O3/c10-7-8(11)4-5-9-3-1-2-6-12-9/h9-10H,1-7H2. The van der Waals surface area contributed by atoms with Gasteiger partial charge in [-0.05, 0) is 25.7 Å². The number of aliphatic hydroxyl groups is 1. The quantitative estimate of drug-likeness (QED) is 0.685. The third kappa shape index (κ3) is 3.32. The van der Waals surface area contributed by atoms with Crippen molar-refractivity contribution in [2.75, 3.05) is 13.2 Å². The minimum atomic E-state index is -0.327. The highest BCUT2D eigenvalue weighted by atomic mass is 16.5. The number of ether oxygens (including phenoxy) is 1. The molecule has 1 unspecified atom stereocenters. The Bertz CT molecular complexity index is 139. The lowest BCUT2D eigenvalue weighted by Gasteiger charge is -2.21. The van der Waals surface area contributed by atoms with Gasteiger partial charge >= 0.3 is 0 Å². The maximum Gasteiger partial charge on any atom is 0.158 e. The monoisotopic (exact) mass is 172 g/mol. The first-order valence-corrected chi connectivity index (χ1v) is 4.57. The lowest BCUT2D eigenvalue weighted by molar-refractivity contribution is -0.122. The first-order valence-electron chi connectivity index (χ1n) is 4.57. The highest BCUT2D eigenvalue weighted by Gasteiger charge is 2.14. The predicted molar refractivity (Wildman–Crippen MR) is 44.9 cm³/mol. The van der Waals surface area contributed by atoms with Crippen molar-refractivity contribution in [2.24, 2.45) is 0 Å². The van der Waals surface area contributed by atoms with Crippen LogP contribution in [-0.4, -0.2) is 30.2 Å². The molecule has 70 valence electrons. The van der Waals surface area contributed by atoms with Gasteiger partial charge in [0.1, 0.15) is 6.61 Å². The summed E-state index contributed by atoms with van der Waals surface area (Å²) in [5.74, 6) is -0.0795. The number of aliphatic hydroxyl groups excluding tert-OH is 1. The Morgan fingerprint density at radius 1 is 1.50 bits per heavy atom. The van der Waals surface area contributed by atoms with Gasteiger partial charge in [0.05, 0.1) is 6.10 Å². The molecule has 1 rings (SSSR count). The van der Waals surface area contributed by atoms with Crippen LogP contribution in [0.4, 0.5) is 0 Å². The summed E-state index contributed by atoms with van der Waals surface area (Å²) < 4.78 is 5.44. The van der Waals surface area contributed by atoms with Gasteiger partial charge in [-0.15, -0.1) is 0 Å². The molecule has 0 radical (unpaired) electrons. The molecule has 0 amide bonds. The zero-order valence-electron chi connectivity index (χ0n) is 7.29. The van der Waals surface area contributed by atoms with Crippen LogP contribution in [0.1, 0.15) is 32.1 Å². The average molecular weight is 172 g/mol. The second kappa shape index (κ2) is 5.27. The maximum atomic E-state index is 10.7. The molecule has 1 saturated heterocycles. The molecule has 1 heterocycles. The summed E-state index contributed by atoms with van der Waals surface area (Å²) in [4.78, 5) is 10.7. The molecule has 0 aromatic carbocycles. The molecule has 0 spiro atoms. The fourth-order valence-electron chi connectivity index (χ4n) is 1.44. The Balaban J connectivity index is 2.09. The smallest absolute Gasteiger partial charge is 0.158 e. The van der Waals surface area contributed by atoms with E-state index in [2.05, 4.69) is 0 Å². The van der Waals surface area contributed by atoms with E-state index >= 15 is 0 Å². The van der Waals surface area contributed by atoms with Crippen molar-refractivity contribution < 1.29 is 14.6 Å². The zero-order chi connectivity index (χ0) is 8.81. The van der Waals surface area contributed by atoms with Crippen molar-refractivity contribution in [3.05, 3.63) is 0 Å². The van der Waals surface area contributed by atoms with Crippen molar-refractivity contribution in [1.82, 2.24) is 0 Å². The molecule has 1 N–H and O–H groups in total. The summed E-state index contributed by atoms with van der Waals surface area (Å²) in [5.41, 5.74) is 0. The maximum absolute atomic E-state index is 10.7. The van der Waals surface area contributed by atoms with Crippen LogP contribution in [0.25, 0.3) is 0 Å². The Morgan fingerprint density at radius 3 is 2.92 bits per heavy atom. The summed E-state index contributed by atoms with van der Waals surface area (Å²) in [5, 5.41) is 8.47. The minimum absolute atomic E-state index is 0.0795. The third-order valence-corrected chi connectivity index (χ3v) is 2.20. The van der Waals surface area contributed by atoms with E-state index in [1.54, 1.807) is 0 Å². The molecule has 3 heteroatoms. The highest BCUT2D eigenvalue weighted by molar-refractivity contribution is 5.79. The van der Waals surface area contributed by atoms with E-state index in [4.69, 9.17) is 9.84 Å². The Labute approximate surface area is 72.7 Å². The van der Waals surface area contributed by atoms with Crippen LogP contribution in [0, 0.1) is 0 Å². The van der Waals surface area contributed by atoms with E-state index in [0.717, 1.165) is 25.9 Å². The molecule has 12 heavy (non-hydrogen) atoms. The first kappa shape index (κ1) is 9.68. The highest BCUT2D eigenvalue weighted by Crippen LogP contribution is 2.16. The summed E-state index contributed by atoms with van der Waals surface area (Å²) in [6.07, 6.45) is 4.91. The van der Waals surface area contributed by atoms with Crippen molar-refractivity contribution >= 4 is 5.78 Å². The second-order valence-electron chi connectivity index (χ2n) is 3.22. The normalized spacial score (nSPS) is 23.9. The van der Waals surface area contributed by atoms with Gasteiger partial charge in [0.15, 0.2) is 5.78 Å². The van der Waals surface area contributed by atoms with Crippen LogP contribution in [-0.2, 0) is 9.53 Å². The second-order valence-corrected chi connectivity index (χ2v) is 3.22. The molecular formula is C9H16O3. The zero-order valence-corrected chi connectivity index (χ0v) is 7.29. The van der Waals surface area contributed by atoms with Gasteiger partial charge in [-0.1, -0.05) is 0 Å². The molecule has 0 bridgehead atoms. The Morgan fingerprint density at radius 2 is 2.33 bits per heavy atom. The fraction of sp³-hybridized carbons (Fsp3) is 0.889. The van der Waals surface area contributed by atoms with Gasteiger partial charge in [0.25, 0.3) is 0 Å². The average Bonchev–Trinajstić information content (AvgIpc) is 2.16. The van der Waals surface area contributed by atoms with Crippen LogP contribution in [0.3, 0.4) is 0 Å². The number of Topliss-reactive ketones (excluding diaryl/α,β-unsaturated/α-hetero) is 1. The van der Waals surface area contributed by atoms with Crippen molar-refractivity contribution in [3.63, 3.8) is 0 Å². The number of rotatable bonds is 4. The molecule has 0 aromatic heterocycles. The summed E-state index contributed by atoms with van der Waals surface area (Å²) in [6, 6.07) is 0. The van der Waals surface area contributed by atoms with Crippen molar-refractivity contribution in [1.29, 1.82) is 0 Å². The SMILES string of the molecule is O=C(CO)CCC1CCCCO1. The largest absolute Gasteiger partial charge is 0.389 e. The van der Waals surface area contributed by atoms with E-state index < -0.39 is 0 Å². The van der Waals surface area contributed by atoms with E-state index in [0.29, 0.717) is 6.42 Å². The van der Waals surface area contributed by atoms with Gasteiger partial charge in [-0.25, -0.2) is 0 Å². The van der Waals surface area contributed by atoms with Crippen LogP contribution in [0.5, 0.6) is 0 Å². The van der Waals surface area contributed by atoms with Crippen LogP contribution < -0.4 is 0 Å². The van der Waals surface area contributed by atoms with Crippen LogP contribution in [0.15, 0.2) is 0 Å². The van der Waals surface area contributed by atoms with E-state index in [1.165, 1.54) is 6.42 Å². The summed E-state index contributed by atoms with van der Waals surface area (Å²) >= 11 is 0. The Hall–Kier alpha value is -0.410. The number of hydrogen-bond donors (Lipinski definition) is 1. The van der Waals surface area contributed by atoms with Gasteiger partial charge in [-0.2, -0.15) is 0 Å². The summed E-state index contributed by atoms with van der Waals surface area (Å²) in [6.45, 7) is 0.505. The van der Waals surface area contributed by atoms with E-state index in [-0.39, 0.29) is 18.5 Å².